The Morgan fingerprint density at radius 2 is 1.84 bits per heavy atom. The zero-order chi connectivity index (χ0) is 22.2. The van der Waals surface area contributed by atoms with E-state index in [4.69, 9.17) is 18.9 Å². The third-order valence-electron chi connectivity index (χ3n) is 5.40. The number of carbonyl (C=O) groups is 2. The van der Waals surface area contributed by atoms with Gasteiger partial charge in [0.1, 0.15) is 6.04 Å². The summed E-state index contributed by atoms with van der Waals surface area (Å²) in [6.07, 6.45) is 2.03. The van der Waals surface area contributed by atoms with Crippen LogP contribution in [0.4, 0.5) is 0 Å². The van der Waals surface area contributed by atoms with Crippen LogP contribution in [-0.4, -0.2) is 57.3 Å². The van der Waals surface area contributed by atoms with E-state index < -0.39 is 12.0 Å². The number of carbonyl (C=O) groups excluding carboxylic acids is 2. The van der Waals surface area contributed by atoms with Gasteiger partial charge in [0.05, 0.1) is 27.9 Å². The maximum atomic E-state index is 13.0. The summed E-state index contributed by atoms with van der Waals surface area (Å²) in [5.41, 5.74) is 2.46. The van der Waals surface area contributed by atoms with E-state index in [1.165, 1.54) is 12.0 Å². The average Bonchev–Trinajstić information content (AvgIpc) is 2.77. The normalized spacial score (nSPS) is 15.2. The van der Waals surface area contributed by atoms with Gasteiger partial charge in [-0.2, -0.15) is 0 Å². The van der Waals surface area contributed by atoms with E-state index >= 15 is 0 Å². The molecule has 0 spiro atoms. The van der Waals surface area contributed by atoms with Gasteiger partial charge in [-0.25, -0.2) is 4.79 Å². The molecule has 0 N–H and O–H groups in total. The number of methoxy groups -OCH3 is 3. The summed E-state index contributed by atoms with van der Waals surface area (Å²) in [6.45, 7) is 1.66. The number of hydrogen-bond donors (Lipinski definition) is 0. The molecule has 3 rings (SSSR count). The first kappa shape index (κ1) is 22.6. The highest BCUT2D eigenvalue weighted by molar-refractivity contribution is 5.98. The Labute approximate surface area is 182 Å². The van der Waals surface area contributed by atoms with Gasteiger partial charge in [0.25, 0.3) is 5.91 Å². The van der Waals surface area contributed by atoms with Gasteiger partial charge in [-0.05, 0) is 42.5 Å². The van der Waals surface area contributed by atoms with Crippen molar-refractivity contribution >= 4 is 11.9 Å². The minimum absolute atomic E-state index is 0.218. The predicted molar refractivity (Wildman–Crippen MR) is 115 cm³/mol. The Bertz CT molecular complexity index is 898. The number of benzene rings is 2. The van der Waals surface area contributed by atoms with Gasteiger partial charge in [0, 0.05) is 18.7 Å². The molecule has 1 fully saturated rings. The van der Waals surface area contributed by atoms with Crippen LogP contribution in [0.3, 0.4) is 0 Å². The lowest BCUT2D eigenvalue weighted by atomic mass is 9.98. The highest BCUT2D eigenvalue weighted by Crippen LogP contribution is 2.35. The molecule has 1 aliphatic rings. The Kier molecular flexibility index (Phi) is 7.89. The summed E-state index contributed by atoms with van der Waals surface area (Å²) in [4.78, 5) is 26.4. The van der Waals surface area contributed by atoms with E-state index in [1.54, 1.807) is 20.3 Å². The number of nitrogens with zero attached hydrogens (tertiary/aromatic N) is 1. The number of hydrogen-bond acceptors (Lipinski definition) is 6. The SMILES string of the molecule is COC(=O)[C@H]1CCN1C(=O)c1cc(CCCOCc2ccccc2)c(OC)c(OC)c1. The summed E-state index contributed by atoms with van der Waals surface area (Å²) >= 11 is 0. The largest absolute Gasteiger partial charge is 0.493 e. The van der Waals surface area contributed by atoms with Crippen molar-refractivity contribution in [2.45, 2.75) is 31.9 Å². The second-order valence-electron chi connectivity index (χ2n) is 7.34. The monoisotopic (exact) mass is 427 g/mol. The number of esters is 1. The molecule has 1 saturated heterocycles. The average molecular weight is 427 g/mol. The molecule has 0 saturated carbocycles. The Morgan fingerprint density at radius 1 is 1.06 bits per heavy atom. The van der Waals surface area contributed by atoms with Crippen LogP contribution in [0.15, 0.2) is 42.5 Å². The molecule has 0 unspecified atom stereocenters. The van der Waals surface area contributed by atoms with E-state index in [-0.39, 0.29) is 5.91 Å². The lowest BCUT2D eigenvalue weighted by molar-refractivity contribution is -0.149. The fourth-order valence-electron chi connectivity index (χ4n) is 3.66. The minimum Gasteiger partial charge on any atom is -0.493 e. The molecule has 0 aromatic heterocycles. The minimum atomic E-state index is -0.527. The van der Waals surface area contributed by atoms with Crippen LogP contribution in [0.25, 0.3) is 0 Å². The van der Waals surface area contributed by atoms with Gasteiger partial charge in [-0.3, -0.25) is 4.79 Å². The first-order valence-electron chi connectivity index (χ1n) is 10.3. The van der Waals surface area contributed by atoms with Crippen LogP contribution in [0.2, 0.25) is 0 Å². The second-order valence-corrected chi connectivity index (χ2v) is 7.34. The van der Waals surface area contributed by atoms with Crippen molar-refractivity contribution < 1.29 is 28.5 Å². The van der Waals surface area contributed by atoms with Crippen molar-refractivity contribution in [1.82, 2.24) is 4.90 Å². The standard InChI is InChI=1S/C24H29NO6/c1-28-21-15-19(23(26)25-12-11-20(25)24(27)30-3)14-18(22(21)29-2)10-7-13-31-16-17-8-5-4-6-9-17/h4-6,8-9,14-15,20H,7,10-13,16H2,1-3H3/t20-/m1/s1. The third-order valence-corrected chi connectivity index (χ3v) is 5.40. The van der Waals surface area contributed by atoms with Crippen molar-refractivity contribution in [1.29, 1.82) is 0 Å². The summed E-state index contributed by atoms with van der Waals surface area (Å²) in [6, 6.07) is 12.9. The molecule has 2 aromatic carbocycles. The molecule has 166 valence electrons. The quantitative estimate of drug-likeness (QED) is 0.428. The van der Waals surface area contributed by atoms with Crippen molar-refractivity contribution in [3.63, 3.8) is 0 Å². The third kappa shape index (κ3) is 5.35. The van der Waals surface area contributed by atoms with Crippen molar-refractivity contribution in [3.05, 3.63) is 59.2 Å². The predicted octanol–water partition coefficient (Wildman–Crippen LogP) is 3.24. The fourth-order valence-corrected chi connectivity index (χ4v) is 3.66. The highest BCUT2D eigenvalue weighted by atomic mass is 16.5. The van der Waals surface area contributed by atoms with Crippen LogP contribution < -0.4 is 9.47 Å². The Balaban J connectivity index is 1.67. The Morgan fingerprint density at radius 3 is 2.45 bits per heavy atom. The first-order chi connectivity index (χ1) is 15.1. The van der Waals surface area contributed by atoms with Crippen LogP contribution in [0.1, 0.15) is 34.3 Å². The number of rotatable bonds is 10. The molecule has 31 heavy (non-hydrogen) atoms. The van der Waals surface area contributed by atoms with E-state index in [0.29, 0.717) is 49.7 Å². The molecule has 7 heteroatoms. The summed E-state index contributed by atoms with van der Waals surface area (Å²) in [7, 11) is 4.45. The molecule has 2 aromatic rings. The van der Waals surface area contributed by atoms with Crippen LogP contribution in [0, 0.1) is 0 Å². The van der Waals surface area contributed by atoms with Crippen LogP contribution in [0.5, 0.6) is 11.5 Å². The van der Waals surface area contributed by atoms with Gasteiger partial charge in [0.15, 0.2) is 11.5 Å². The molecular formula is C24H29NO6. The zero-order valence-electron chi connectivity index (χ0n) is 18.3. The maximum Gasteiger partial charge on any atom is 0.328 e. The first-order valence-corrected chi connectivity index (χ1v) is 10.3. The number of ether oxygens (including phenoxy) is 4. The second kappa shape index (κ2) is 10.8. The smallest absolute Gasteiger partial charge is 0.328 e. The molecule has 7 nitrogen and oxygen atoms in total. The molecule has 1 atom stereocenters. The van der Waals surface area contributed by atoms with Crippen LogP contribution in [-0.2, 0) is 27.3 Å². The lowest BCUT2D eigenvalue weighted by Crippen LogP contribution is -2.55. The molecular weight excluding hydrogens is 398 g/mol. The van der Waals surface area contributed by atoms with Gasteiger partial charge in [0.2, 0.25) is 0 Å². The highest BCUT2D eigenvalue weighted by Gasteiger charge is 2.39. The molecule has 1 aliphatic heterocycles. The van der Waals surface area contributed by atoms with Crippen LogP contribution >= 0.6 is 0 Å². The molecule has 0 bridgehead atoms. The summed E-state index contributed by atoms with van der Waals surface area (Å²) in [5.74, 6) is 0.485. The van der Waals surface area contributed by atoms with E-state index in [2.05, 4.69) is 0 Å². The Hall–Kier alpha value is -3.06. The summed E-state index contributed by atoms with van der Waals surface area (Å²) < 4.78 is 21.6. The maximum absolute atomic E-state index is 13.0. The number of likely N-dealkylation sites (tertiary alicyclic amines) is 1. The molecule has 1 amide bonds. The fraction of sp³-hybridized carbons (Fsp3) is 0.417. The van der Waals surface area contributed by atoms with E-state index in [0.717, 1.165) is 17.5 Å². The zero-order valence-corrected chi connectivity index (χ0v) is 18.3. The van der Waals surface area contributed by atoms with Crippen molar-refractivity contribution in [3.8, 4) is 11.5 Å². The lowest BCUT2D eigenvalue weighted by Gasteiger charge is -2.38. The number of aryl methyl sites for hydroxylation is 1. The van der Waals surface area contributed by atoms with Gasteiger partial charge >= 0.3 is 5.97 Å². The van der Waals surface area contributed by atoms with E-state index in [1.807, 2.05) is 36.4 Å². The van der Waals surface area contributed by atoms with Gasteiger partial charge in [-0.1, -0.05) is 30.3 Å². The molecule has 0 aliphatic carbocycles. The van der Waals surface area contributed by atoms with E-state index in [9.17, 15) is 9.59 Å². The van der Waals surface area contributed by atoms with Crippen molar-refractivity contribution in [2.24, 2.45) is 0 Å². The molecule has 0 radical (unpaired) electrons. The molecule has 1 heterocycles. The van der Waals surface area contributed by atoms with Crippen molar-refractivity contribution in [2.75, 3.05) is 34.5 Å². The summed E-state index contributed by atoms with van der Waals surface area (Å²) in [5, 5.41) is 0. The topological polar surface area (TPSA) is 74.3 Å². The van der Waals surface area contributed by atoms with Gasteiger partial charge < -0.3 is 23.8 Å². The number of amides is 1. The van der Waals surface area contributed by atoms with Gasteiger partial charge in [-0.15, -0.1) is 0 Å².